The fraction of sp³-hybridized carbons (Fsp3) is 0.467. The molecule has 8 aliphatic rings. The van der Waals surface area contributed by atoms with Crippen molar-refractivity contribution in [2.75, 3.05) is 37.9 Å². The molecule has 0 unspecified atom stereocenters. The van der Waals surface area contributed by atoms with Crippen LogP contribution in [0.25, 0.3) is 0 Å². The summed E-state index contributed by atoms with van der Waals surface area (Å²) >= 11 is 2.42. The van der Waals surface area contributed by atoms with Gasteiger partial charge in [0.2, 0.25) is 0 Å². The number of hydrogen-bond donors (Lipinski definition) is 4. The maximum absolute atomic E-state index is 14.4. The fourth-order valence-corrected chi connectivity index (χ4v) is 14.0. The van der Waals surface area contributed by atoms with Crippen LogP contribution in [0, 0.1) is 0 Å². The quantitative estimate of drug-likeness (QED) is 0.366. The first-order chi connectivity index (χ1) is 21.1. The normalized spacial score (nSPS) is 44.6. The second kappa shape index (κ2) is 7.16. The topological polar surface area (TPSA) is 146 Å². The molecule has 4 bridgehead atoms. The second-order valence-electron chi connectivity index (χ2n) is 13.2. The molecular weight excluding hydrogens is 605 g/mol. The second-order valence-corrected chi connectivity index (χ2v) is 16.3. The number of thioether (sulfide) groups is 2. The first-order valence-electron chi connectivity index (χ1n) is 14.6. The van der Waals surface area contributed by atoms with Gasteiger partial charge in [0, 0.05) is 38.3 Å². The molecule has 4 amide bonds. The lowest BCUT2D eigenvalue weighted by Gasteiger charge is -2.49. The first kappa shape index (κ1) is 25.8. The summed E-state index contributed by atoms with van der Waals surface area (Å²) < 4.78 is 0. The zero-order valence-corrected chi connectivity index (χ0v) is 25.4. The van der Waals surface area contributed by atoms with E-state index in [2.05, 4.69) is 10.6 Å². The molecule has 8 heterocycles. The van der Waals surface area contributed by atoms with E-state index in [1.165, 1.54) is 33.3 Å². The van der Waals surface area contributed by atoms with E-state index in [1.54, 1.807) is 23.9 Å². The van der Waals surface area contributed by atoms with Crippen molar-refractivity contribution < 1.29 is 29.4 Å². The van der Waals surface area contributed by atoms with Gasteiger partial charge in [-0.25, -0.2) is 0 Å². The number of nitrogens with zero attached hydrogens (tertiary/aromatic N) is 4. The van der Waals surface area contributed by atoms with Crippen molar-refractivity contribution in [3.63, 3.8) is 0 Å². The van der Waals surface area contributed by atoms with E-state index in [9.17, 15) is 29.4 Å². The molecule has 0 radical (unpaired) electrons. The third-order valence-corrected chi connectivity index (χ3v) is 15.6. The van der Waals surface area contributed by atoms with Gasteiger partial charge >= 0.3 is 0 Å². The fourth-order valence-electron chi connectivity index (χ4n) is 10.3. The molecule has 12 nitrogen and oxygen atoms in total. The molecule has 10 rings (SSSR count). The predicted octanol–water partition coefficient (Wildman–Crippen LogP) is 0.0376. The lowest BCUT2D eigenvalue weighted by molar-refractivity contribution is -0.161. The predicted molar refractivity (Wildman–Crippen MR) is 160 cm³/mol. The highest BCUT2D eigenvalue weighted by atomic mass is 32.2. The van der Waals surface area contributed by atoms with Gasteiger partial charge in [-0.2, -0.15) is 0 Å². The summed E-state index contributed by atoms with van der Waals surface area (Å²) in [5, 5.41) is 28.3. The number of likely N-dealkylation sites (N-methyl/N-ethyl adjacent to an activating group) is 2. The lowest BCUT2D eigenvalue weighted by atomic mass is 9.54. The number of nitrogens with one attached hydrogen (secondary N) is 2. The zero-order chi connectivity index (χ0) is 30.4. The van der Waals surface area contributed by atoms with Gasteiger partial charge in [-0.15, -0.1) is 0 Å². The maximum atomic E-state index is 14.4. The molecule has 4 N–H and O–H groups in total. The Hall–Kier alpha value is -3.46. The largest absolute Gasteiger partial charge is 0.392 e. The number of hydrogen-bond acceptors (Lipinski definition) is 10. The summed E-state index contributed by atoms with van der Waals surface area (Å²) in [5.41, 5.74) is 1.55. The van der Waals surface area contributed by atoms with Crippen molar-refractivity contribution in [3.8, 4) is 0 Å². The molecule has 6 saturated heterocycles. The Kier molecular flexibility index (Phi) is 4.21. The van der Waals surface area contributed by atoms with Crippen molar-refractivity contribution in [1.82, 2.24) is 19.6 Å². The molecule has 0 aromatic heterocycles. The molecule has 8 atom stereocenters. The van der Waals surface area contributed by atoms with Crippen LogP contribution in [0.3, 0.4) is 0 Å². The third-order valence-electron chi connectivity index (χ3n) is 12.0. The number of aliphatic hydroxyl groups excluding tert-OH is 2. The van der Waals surface area contributed by atoms with E-state index in [0.717, 1.165) is 22.5 Å². The first-order valence-corrected chi connectivity index (χ1v) is 16.3. The van der Waals surface area contributed by atoms with Gasteiger partial charge in [0.1, 0.15) is 12.3 Å². The molecule has 2 spiro atoms. The van der Waals surface area contributed by atoms with Gasteiger partial charge in [0.15, 0.2) is 19.5 Å². The number of carbonyl (C=O) groups is 4. The van der Waals surface area contributed by atoms with E-state index >= 15 is 0 Å². The summed E-state index contributed by atoms with van der Waals surface area (Å²) in [6.45, 7) is -1.01. The molecule has 14 heteroatoms. The number of carbonyl (C=O) groups excluding carboxylic acids is 4. The molecule has 2 aromatic carbocycles. The molecule has 8 aliphatic heterocycles. The smallest absolute Gasteiger partial charge is 0.264 e. The molecular formula is C30H28N6O6S2. The van der Waals surface area contributed by atoms with Crippen LogP contribution >= 0.6 is 23.5 Å². The Morgan fingerprint density at radius 3 is 1.45 bits per heavy atom. The maximum Gasteiger partial charge on any atom is 0.264 e. The van der Waals surface area contributed by atoms with E-state index < -0.39 is 55.9 Å². The van der Waals surface area contributed by atoms with Gasteiger partial charge in [-0.3, -0.25) is 29.0 Å². The summed E-state index contributed by atoms with van der Waals surface area (Å²) in [4.78, 5) is 58.1. The SMILES string of the molecule is CN1C(=O)[C@@]23C[C@]4([C@]56C[C@@]78S[C@](CO)(C(=O)N7[C@H]5Nc5ccccc56)N(C)C8=O)c5ccccc5N[C@@H]4N2C(=O)[C@@]1(CO)S3. The van der Waals surface area contributed by atoms with E-state index in [0.29, 0.717) is 0 Å². The van der Waals surface area contributed by atoms with Crippen LogP contribution in [0.1, 0.15) is 24.0 Å². The Balaban J connectivity index is 1.28. The van der Waals surface area contributed by atoms with Gasteiger partial charge in [0.05, 0.1) is 24.0 Å². The van der Waals surface area contributed by atoms with Crippen molar-refractivity contribution in [3.05, 3.63) is 59.7 Å². The van der Waals surface area contributed by atoms with Gasteiger partial charge in [-0.05, 0) is 23.3 Å². The Bertz CT molecular complexity index is 1700. The Morgan fingerprint density at radius 2 is 1.07 bits per heavy atom. The van der Waals surface area contributed by atoms with Crippen LogP contribution in [0.5, 0.6) is 0 Å². The van der Waals surface area contributed by atoms with Gasteiger partial charge in [0.25, 0.3) is 23.6 Å². The van der Waals surface area contributed by atoms with Crippen LogP contribution in [-0.2, 0) is 30.0 Å². The van der Waals surface area contributed by atoms with Crippen LogP contribution in [0.4, 0.5) is 11.4 Å². The number of fused-ring (bicyclic) bond motifs is 11. The lowest BCUT2D eigenvalue weighted by Crippen LogP contribution is -2.67. The van der Waals surface area contributed by atoms with Crippen molar-refractivity contribution in [2.45, 2.75) is 55.5 Å². The number of anilines is 2. The molecule has 44 heavy (non-hydrogen) atoms. The number of benzene rings is 2. The van der Waals surface area contributed by atoms with Crippen molar-refractivity contribution in [2.24, 2.45) is 0 Å². The van der Waals surface area contributed by atoms with Gasteiger partial charge in [-0.1, -0.05) is 59.9 Å². The van der Waals surface area contributed by atoms with Crippen LogP contribution in [-0.4, -0.2) is 113 Å². The average molecular weight is 633 g/mol. The monoisotopic (exact) mass is 632 g/mol. The number of amides is 4. The highest BCUT2D eigenvalue weighted by Crippen LogP contribution is 2.78. The molecule has 0 saturated carbocycles. The van der Waals surface area contributed by atoms with E-state index in [4.69, 9.17) is 0 Å². The minimum Gasteiger partial charge on any atom is -0.392 e. The summed E-state index contributed by atoms with van der Waals surface area (Å²) in [7, 11) is 3.15. The highest BCUT2D eigenvalue weighted by molar-refractivity contribution is 8.04. The van der Waals surface area contributed by atoms with Crippen molar-refractivity contribution in [1.29, 1.82) is 0 Å². The zero-order valence-electron chi connectivity index (χ0n) is 23.7. The Morgan fingerprint density at radius 1 is 0.682 bits per heavy atom. The minimum absolute atomic E-state index is 0.223. The van der Waals surface area contributed by atoms with E-state index in [-0.39, 0.29) is 36.5 Å². The van der Waals surface area contributed by atoms with Gasteiger partial charge < -0.3 is 30.6 Å². The van der Waals surface area contributed by atoms with Crippen LogP contribution < -0.4 is 10.6 Å². The van der Waals surface area contributed by atoms with Crippen molar-refractivity contribution >= 4 is 58.5 Å². The number of para-hydroxylation sites is 2. The third kappa shape index (κ3) is 2.08. The summed E-state index contributed by atoms with van der Waals surface area (Å²) in [6, 6.07) is 15.7. The number of rotatable bonds is 3. The summed E-state index contributed by atoms with van der Waals surface area (Å²) in [5.74, 6) is -1.14. The summed E-state index contributed by atoms with van der Waals surface area (Å²) in [6.07, 6.45) is -0.953. The Labute approximate surface area is 260 Å². The minimum atomic E-state index is -1.41. The van der Waals surface area contributed by atoms with E-state index in [1.807, 2.05) is 48.5 Å². The standard InChI is InChI=1S/C30H28N6O6S2/c1-33-21(39)27-11-25(15-7-3-5-9-17(15)31-19(25)35(27)23(41)29(33,13-37)43-27)26-12-28-22(40)34(2)30(14-38,44-28)24(42)36(28)20(26)32-18-10-6-4-8-16(18)26/h3-10,19-20,31-32,37-38H,11-14H2,1-2H3/t19-,20-,25+,26+,27+,28+,29-,30-/m1/s1. The van der Waals surface area contributed by atoms with Crippen LogP contribution in [0.2, 0.25) is 0 Å². The molecule has 226 valence electrons. The number of piperazine rings is 2. The molecule has 2 aromatic rings. The highest BCUT2D eigenvalue weighted by Gasteiger charge is 2.90. The molecule has 0 aliphatic carbocycles. The van der Waals surface area contributed by atoms with Crippen LogP contribution in [0.15, 0.2) is 48.5 Å². The number of aliphatic hydroxyl groups is 2. The average Bonchev–Trinajstić information content (AvgIpc) is 3.85. The molecule has 6 fully saturated rings.